The van der Waals surface area contributed by atoms with Crippen LogP contribution in [0.15, 0.2) is 51.2 Å². The number of imidazole rings is 1. The number of fused-ring (bicyclic) bond motifs is 3. The summed E-state index contributed by atoms with van der Waals surface area (Å²) in [6, 6.07) is 6.59. The molecule has 0 bridgehead atoms. The lowest BCUT2D eigenvalue weighted by molar-refractivity contribution is 0.364. The van der Waals surface area contributed by atoms with Gasteiger partial charge in [-0.3, -0.25) is 14.4 Å². The molecule has 32 heavy (non-hydrogen) atoms. The van der Waals surface area contributed by atoms with E-state index in [2.05, 4.69) is 49.4 Å². The van der Waals surface area contributed by atoms with E-state index in [0.717, 1.165) is 24.4 Å². The summed E-state index contributed by atoms with van der Waals surface area (Å²) in [4.78, 5) is 30.1. The van der Waals surface area contributed by atoms with E-state index in [-0.39, 0.29) is 18.0 Å². The van der Waals surface area contributed by atoms with Gasteiger partial charge in [0.1, 0.15) is 12.9 Å². The molecule has 3 unspecified atom stereocenters. The quantitative estimate of drug-likeness (QED) is 0.498. The number of hydrogen-bond acceptors (Lipinski definition) is 7. The van der Waals surface area contributed by atoms with Crippen molar-refractivity contribution in [2.75, 3.05) is 0 Å². The van der Waals surface area contributed by atoms with E-state index in [1.807, 2.05) is 6.21 Å². The Morgan fingerprint density at radius 1 is 1.22 bits per heavy atom. The minimum absolute atomic E-state index is 0.177. The first-order valence-corrected chi connectivity index (χ1v) is 10.7. The SMILES string of the molecule is Cn1cnc2ncn(Cc3nc(C4C5C=C(c6ccc7c(c6)N=CC7)CC54)no3)c(=O)c21. The third-order valence-electron chi connectivity index (χ3n) is 6.86. The van der Waals surface area contributed by atoms with Gasteiger partial charge in [0.05, 0.1) is 12.0 Å². The van der Waals surface area contributed by atoms with Gasteiger partial charge in [-0.05, 0) is 41.0 Å². The zero-order valence-electron chi connectivity index (χ0n) is 17.3. The molecule has 3 aromatic heterocycles. The van der Waals surface area contributed by atoms with Gasteiger partial charge in [-0.1, -0.05) is 23.4 Å². The molecular formula is C23H19N7O2. The summed E-state index contributed by atoms with van der Waals surface area (Å²) in [5, 5.41) is 4.21. The van der Waals surface area contributed by atoms with Crippen molar-refractivity contribution in [3.05, 3.63) is 70.1 Å². The smallest absolute Gasteiger partial charge is 0.280 e. The minimum Gasteiger partial charge on any atom is -0.337 e. The third kappa shape index (κ3) is 2.57. The van der Waals surface area contributed by atoms with Crippen LogP contribution >= 0.6 is 0 Å². The summed E-state index contributed by atoms with van der Waals surface area (Å²) in [6.07, 6.45) is 9.33. The van der Waals surface area contributed by atoms with E-state index in [0.29, 0.717) is 28.9 Å². The number of hydrogen-bond donors (Lipinski definition) is 0. The fourth-order valence-corrected chi connectivity index (χ4v) is 5.12. The molecule has 158 valence electrons. The standard InChI is InChI=1S/C23H19N7O2/c1-29-10-25-22-20(29)23(31)30(11-26-22)9-18-27-21(28-32-18)19-15-6-14(7-16(15)19)13-3-2-12-4-5-24-17(12)8-13/h2-3,5-6,8,10-11,15-16,19H,4,7,9H2,1H3. The summed E-state index contributed by atoms with van der Waals surface area (Å²) in [6.45, 7) is 0.193. The lowest BCUT2D eigenvalue weighted by Gasteiger charge is -2.07. The van der Waals surface area contributed by atoms with Crippen molar-refractivity contribution in [2.24, 2.45) is 23.9 Å². The Hall–Kier alpha value is -3.88. The van der Waals surface area contributed by atoms with E-state index < -0.39 is 0 Å². The Kier molecular flexibility index (Phi) is 3.51. The van der Waals surface area contributed by atoms with Gasteiger partial charge < -0.3 is 9.09 Å². The van der Waals surface area contributed by atoms with Crippen LogP contribution in [0.5, 0.6) is 0 Å². The maximum Gasteiger partial charge on any atom is 0.280 e. The lowest BCUT2D eigenvalue weighted by Crippen LogP contribution is -2.22. The molecule has 0 N–H and O–H groups in total. The summed E-state index contributed by atoms with van der Waals surface area (Å²) >= 11 is 0. The fraction of sp³-hybridized carbons (Fsp3) is 0.304. The van der Waals surface area contributed by atoms with E-state index in [4.69, 9.17) is 4.52 Å². The van der Waals surface area contributed by atoms with Crippen LogP contribution in [0.3, 0.4) is 0 Å². The second kappa shape index (κ2) is 6.32. The highest BCUT2D eigenvalue weighted by Gasteiger charge is 2.55. The number of rotatable bonds is 4. The molecule has 0 radical (unpaired) electrons. The molecule has 1 aromatic carbocycles. The van der Waals surface area contributed by atoms with Gasteiger partial charge in [-0.25, -0.2) is 9.97 Å². The topological polar surface area (TPSA) is 104 Å². The molecule has 1 saturated carbocycles. The Labute approximate surface area is 182 Å². The number of nitrogens with zero attached hydrogens (tertiary/aromatic N) is 7. The summed E-state index contributed by atoms with van der Waals surface area (Å²) in [5.41, 5.74) is 5.75. The van der Waals surface area contributed by atoms with E-state index >= 15 is 0 Å². The van der Waals surface area contributed by atoms with Crippen molar-refractivity contribution in [2.45, 2.75) is 25.3 Å². The molecular weight excluding hydrogens is 406 g/mol. The summed E-state index contributed by atoms with van der Waals surface area (Å²) in [5.74, 6) is 2.39. The van der Waals surface area contributed by atoms with Crippen molar-refractivity contribution in [1.29, 1.82) is 0 Å². The molecule has 0 amide bonds. The number of aliphatic imine (C=N–C) groups is 1. The van der Waals surface area contributed by atoms with Crippen LogP contribution in [0.25, 0.3) is 16.7 Å². The van der Waals surface area contributed by atoms with E-state index in [1.165, 1.54) is 27.6 Å². The fourth-order valence-electron chi connectivity index (χ4n) is 5.12. The van der Waals surface area contributed by atoms with Crippen molar-refractivity contribution >= 4 is 28.6 Å². The van der Waals surface area contributed by atoms with Gasteiger partial charge >= 0.3 is 0 Å². The van der Waals surface area contributed by atoms with Crippen LogP contribution in [0, 0.1) is 11.8 Å². The molecule has 1 fully saturated rings. The number of allylic oxidation sites excluding steroid dienone is 2. The Balaban J connectivity index is 1.10. The second-order valence-electron chi connectivity index (χ2n) is 8.77. The normalized spacial score (nSPS) is 22.9. The van der Waals surface area contributed by atoms with Gasteiger partial charge in [0.15, 0.2) is 17.0 Å². The van der Waals surface area contributed by atoms with E-state index in [9.17, 15) is 4.79 Å². The van der Waals surface area contributed by atoms with Crippen molar-refractivity contribution in [1.82, 2.24) is 29.2 Å². The van der Waals surface area contributed by atoms with Crippen molar-refractivity contribution < 1.29 is 4.52 Å². The summed E-state index contributed by atoms with van der Waals surface area (Å²) in [7, 11) is 1.77. The molecule has 9 nitrogen and oxygen atoms in total. The molecule has 1 aliphatic heterocycles. The van der Waals surface area contributed by atoms with Crippen LogP contribution in [0.1, 0.15) is 35.2 Å². The molecule has 4 aromatic rings. The maximum atomic E-state index is 12.7. The van der Waals surface area contributed by atoms with Gasteiger partial charge in [-0.2, -0.15) is 4.98 Å². The lowest BCUT2D eigenvalue weighted by atomic mass is 9.98. The van der Waals surface area contributed by atoms with Gasteiger partial charge in [0.2, 0.25) is 5.89 Å². The molecule has 9 heteroatoms. The van der Waals surface area contributed by atoms with Gasteiger partial charge in [-0.15, -0.1) is 0 Å². The van der Waals surface area contributed by atoms with Crippen LogP contribution in [-0.4, -0.2) is 35.5 Å². The maximum absolute atomic E-state index is 12.7. The van der Waals surface area contributed by atoms with Crippen molar-refractivity contribution in [3.63, 3.8) is 0 Å². The molecule has 0 spiro atoms. The Morgan fingerprint density at radius 2 is 2.12 bits per heavy atom. The number of aryl methyl sites for hydroxylation is 1. The average molecular weight is 425 g/mol. The molecule has 7 rings (SSSR count). The van der Waals surface area contributed by atoms with Crippen molar-refractivity contribution in [3.8, 4) is 0 Å². The first kappa shape index (κ1) is 17.8. The zero-order valence-corrected chi connectivity index (χ0v) is 17.3. The molecule has 3 atom stereocenters. The second-order valence-corrected chi connectivity index (χ2v) is 8.77. The van der Waals surface area contributed by atoms with Crippen LogP contribution in [0.2, 0.25) is 0 Å². The molecule has 4 heterocycles. The highest BCUT2D eigenvalue weighted by molar-refractivity contribution is 5.80. The molecule has 3 aliphatic rings. The Morgan fingerprint density at radius 3 is 3.00 bits per heavy atom. The van der Waals surface area contributed by atoms with E-state index in [1.54, 1.807) is 17.9 Å². The van der Waals surface area contributed by atoms with Gasteiger partial charge in [0.25, 0.3) is 5.56 Å². The highest BCUT2D eigenvalue weighted by Crippen LogP contribution is 2.62. The molecule has 2 aliphatic carbocycles. The predicted octanol–water partition coefficient (Wildman–Crippen LogP) is 2.64. The summed E-state index contributed by atoms with van der Waals surface area (Å²) < 4.78 is 8.61. The highest BCUT2D eigenvalue weighted by atomic mass is 16.5. The molecule has 0 saturated heterocycles. The first-order valence-electron chi connectivity index (χ1n) is 10.7. The van der Waals surface area contributed by atoms with Gasteiger partial charge in [0, 0.05) is 25.6 Å². The predicted molar refractivity (Wildman–Crippen MR) is 117 cm³/mol. The van der Waals surface area contributed by atoms with Crippen LogP contribution < -0.4 is 5.56 Å². The third-order valence-corrected chi connectivity index (χ3v) is 6.86. The number of benzene rings is 1. The number of aromatic nitrogens is 6. The minimum atomic E-state index is -0.177. The first-order chi connectivity index (χ1) is 15.7. The Bertz CT molecular complexity index is 1520. The van der Waals surface area contributed by atoms with Crippen LogP contribution in [-0.2, 0) is 20.0 Å². The average Bonchev–Trinajstić information content (AvgIpc) is 3.38. The largest absolute Gasteiger partial charge is 0.337 e. The van der Waals surface area contributed by atoms with Crippen LogP contribution in [0.4, 0.5) is 5.69 Å². The monoisotopic (exact) mass is 425 g/mol. The zero-order chi connectivity index (χ0) is 21.4.